The third kappa shape index (κ3) is 4.80. The first-order chi connectivity index (χ1) is 15.7. The number of hydrogen-bond acceptors (Lipinski definition) is 5. The Balaban J connectivity index is 1.15. The van der Waals surface area contributed by atoms with Crippen LogP contribution in [0.25, 0.3) is 10.2 Å². The molecular weight excluding hydrogens is 416 g/mol. The van der Waals surface area contributed by atoms with Crippen molar-refractivity contribution in [1.82, 2.24) is 14.9 Å². The van der Waals surface area contributed by atoms with Gasteiger partial charge in [0.1, 0.15) is 12.1 Å². The van der Waals surface area contributed by atoms with Crippen molar-refractivity contribution in [3.8, 4) is 0 Å². The first-order valence-electron chi connectivity index (χ1n) is 12.9. The van der Waals surface area contributed by atoms with Gasteiger partial charge in [-0.05, 0) is 61.3 Å². The van der Waals surface area contributed by atoms with Crippen molar-refractivity contribution < 1.29 is 4.79 Å². The van der Waals surface area contributed by atoms with E-state index in [9.17, 15) is 4.79 Å². The van der Waals surface area contributed by atoms with E-state index in [2.05, 4.69) is 38.1 Å². The van der Waals surface area contributed by atoms with E-state index >= 15 is 0 Å². The Labute approximate surface area is 196 Å². The molecule has 2 aromatic heterocycles. The molecule has 1 amide bonds. The molecule has 2 saturated heterocycles. The van der Waals surface area contributed by atoms with Crippen molar-refractivity contribution in [2.24, 2.45) is 23.7 Å². The van der Waals surface area contributed by atoms with Crippen LogP contribution in [0.2, 0.25) is 0 Å². The Kier molecular flexibility index (Phi) is 6.96. The quantitative estimate of drug-likeness (QED) is 0.577. The average Bonchev–Trinajstić information content (AvgIpc) is 3.33. The summed E-state index contributed by atoms with van der Waals surface area (Å²) in [6, 6.07) is 2.08. The van der Waals surface area contributed by atoms with Gasteiger partial charge in [0.25, 0.3) is 0 Å². The minimum Gasteiger partial charge on any atom is -0.355 e. The minimum absolute atomic E-state index is 0.199. The van der Waals surface area contributed by atoms with E-state index in [-0.39, 0.29) is 5.92 Å². The second kappa shape index (κ2) is 10.1. The molecule has 2 unspecified atom stereocenters. The van der Waals surface area contributed by atoms with Crippen LogP contribution in [0.3, 0.4) is 0 Å². The molecule has 1 saturated carbocycles. The predicted molar refractivity (Wildman–Crippen MR) is 132 cm³/mol. The van der Waals surface area contributed by atoms with Crippen LogP contribution in [-0.2, 0) is 4.79 Å². The maximum absolute atomic E-state index is 13.2. The topological polar surface area (TPSA) is 49.3 Å². The van der Waals surface area contributed by atoms with Crippen LogP contribution in [0.1, 0.15) is 71.1 Å². The number of thiophene rings is 1. The van der Waals surface area contributed by atoms with Crippen molar-refractivity contribution in [3.05, 3.63) is 17.8 Å². The summed E-state index contributed by atoms with van der Waals surface area (Å²) in [5.41, 5.74) is 1.06. The summed E-state index contributed by atoms with van der Waals surface area (Å²) >= 11 is 1.74. The van der Waals surface area contributed by atoms with Crippen LogP contribution in [0, 0.1) is 23.7 Å². The van der Waals surface area contributed by atoms with Crippen molar-refractivity contribution >= 4 is 33.3 Å². The molecule has 3 aliphatic rings. The van der Waals surface area contributed by atoms with Gasteiger partial charge in [-0.2, -0.15) is 0 Å². The zero-order chi connectivity index (χ0) is 21.9. The van der Waals surface area contributed by atoms with E-state index in [1.165, 1.54) is 62.5 Å². The van der Waals surface area contributed by atoms with E-state index in [0.717, 1.165) is 55.8 Å². The van der Waals surface area contributed by atoms with Crippen LogP contribution in [0.15, 0.2) is 17.8 Å². The largest absolute Gasteiger partial charge is 0.355 e. The Hall–Kier alpha value is -1.69. The molecule has 1 aliphatic carbocycles. The zero-order valence-electron chi connectivity index (χ0n) is 19.5. The molecule has 3 fully saturated rings. The Bertz CT molecular complexity index is 900. The molecule has 0 N–H and O–H groups in total. The first-order valence-corrected chi connectivity index (χ1v) is 13.8. The molecule has 2 atom stereocenters. The van der Waals surface area contributed by atoms with Gasteiger partial charge in [-0.3, -0.25) is 4.79 Å². The van der Waals surface area contributed by atoms with Gasteiger partial charge >= 0.3 is 0 Å². The van der Waals surface area contributed by atoms with Gasteiger partial charge in [-0.25, -0.2) is 9.97 Å². The molecule has 0 radical (unpaired) electrons. The lowest BCUT2D eigenvalue weighted by molar-refractivity contribution is -0.138. The van der Waals surface area contributed by atoms with Gasteiger partial charge < -0.3 is 9.80 Å². The highest BCUT2D eigenvalue weighted by molar-refractivity contribution is 7.17. The van der Waals surface area contributed by atoms with Gasteiger partial charge in [0.2, 0.25) is 5.91 Å². The van der Waals surface area contributed by atoms with Crippen LogP contribution in [0.4, 0.5) is 5.82 Å². The minimum atomic E-state index is 0.199. The number of likely N-dealkylation sites (tertiary alicyclic amines) is 1. The number of nitrogens with zero attached hydrogens (tertiary/aromatic N) is 4. The molecule has 0 spiro atoms. The standard InChI is InChI=1S/C26H38N4OS/c1-19(16-20-6-3-2-4-7-20)26(31)30-12-5-8-22(17-30)21-9-13-29(14-10-21)25-24-23(11-15-32-24)27-18-28-25/h11,15,18-22H,2-10,12-14,16-17H2,1H3. The number of piperidine rings is 2. The number of hydrogen-bond donors (Lipinski definition) is 0. The van der Waals surface area contributed by atoms with Crippen molar-refractivity contribution in [2.45, 2.75) is 71.1 Å². The summed E-state index contributed by atoms with van der Waals surface area (Å²) in [5.74, 6) is 3.92. The third-order valence-corrected chi connectivity index (χ3v) is 9.23. The second-order valence-electron chi connectivity index (χ2n) is 10.5. The maximum atomic E-state index is 13.2. The monoisotopic (exact) mass is 454 g/mol. The highest BCUT2D eigenvalue weighted by Gasteiger charge is 2.34. The summed E-state index contributed by atoms with van der Waals surface area (Å²) in [4.78, 5) is 26.9. The molecule has 0 aromatic carbocycles. The van der Waals surface area contributed by atoms with Crippen molar-refractivity contribution in [2.75, 3.05) is 31.1 Å². The van der Waals surface area contributed by atoms with E-state index in [0.29, 0.717) is 11.8 Å². The van der Waals surface area contributed by atoms with Crippen molar-refractivity contribution in [3.63, 3.8) is 0 Å². The van der Waals surface area contributed by atoms with Crippen molar-refractivity contribution in [1.29, 1.82) is 0 Å². The first kappa shape index (κ1) is 22.1. The number of aromatic nitrogens is 2. The fourth-order valence-electron chi connectivity index (χ4n) is 6.51. The highest BCUT2D eigenvalue weighted by atomic mass is 32.1. The Morgan fingerprint density at radius 1 is 1.03 bits per heavy atom. The number of carbonyl (C=O) groups is 1. The summed E-state index contributed by atoms with van der Waals surface area (Å²) in [7, 11) is 0. The predicted octanol–water partition coefficient (Wildman–Crippen LogP) is 5.75. The average molecular weight is 455 g/mol. The van der Waals surface area contributed by atoms with Gasteiger partial charge in [0.05, 0.1) is 10.2 Å². The normalized spacial score (nSPS) is 24.7. The lowest BCUT2D eigenvalue weighted by Gasteiger charge is -2.42. The summed E-state index contributed by atoms with van der Waals surface area (Å²) < 4.78 is 1.22. The fourth-order valence-corrected chi connectivity index (χ4v) is 7.38. The van der Waals surface area contributed by atoms with E-state index < -0.39 is 0 Å². The SMILES string of the molecule is CC(CC1CCCCC1)C(=O)N1CCCC(C2CCN(c3ncnc4ccsc34)CC2)C1. The molecule has 4 heterocycles. The molecule has 6 heteroatoms. The van der Waals surface area contributed by atoms with Gasteiger partial charge in [-0.15, -0.1) is 11.3 Å². The van der Waals surface area contributed by atoms with Crippen LogP contribution in [-0.4, -0.2) is 47.0 Å². The van der Waals surface area contributed by atoms with E-state index in [1.54, 1.807) is 17.7 Å². The number of carbonyl (C=O) groups excluding carboxylic acids is 1. The molecule has 0 bridgehead atoms. The fraction of sp³-hybridized carbons (Fsp3) is 0.731. The number of rotatable bonds is 5. The zero-order valence-corrected chi connectivity index (χ0v) is 20.4. The molecule has 2 aliphatic heterocycles. The molecule has 32 heavy (non-hydrogen) atoms. The third-order valence-electron chi connectivity index (χ3n) is 8.33. The molecule has 2 aromatic rings. The van der Waals surface area contributed by atoms with Gasteiger partial charge in [0, 0.05) is 32.1 Å². The Morgan fingerprint density at radius 2 is 1.84 bits per heavy atom. The number of amides is 1. The van der Waals surface area contributed by atoms with E-state index in [4.69, 9.17) is 0 Å². The molecule has 174 valence electrons. The summed E-state index contributed by atoms with van der Waals surface area (Å²) in [6.07, 6.45) is 14.5. The van der Waals surface area contributed by atoms with E-state index in [1.807, 2.05) is 0 Å². The molecule has 5 nitrogen and oxygen atoms in total. The lowest BCUT2D eigenvalue weighted by Crippen LogP contribution is -2.46. The number of fused-ring (bicyclic) bond motifs is 1. The molecule has 5 rings (SSSR count). The highest BCUT2D eigenvalue weighted by Crippen LogP contribution is 2.36. The molecular formula is C26H38N4OS. The smallest absolute Gasteiger partial charge is 0.225 e. The van der Waals surface area contributed by atoms with Crippen LogP contribution >= 0.6 is 11.3 Å². The summed E-state index contributed by atoms with van der Waals surface area (Å²) in [5, 5.41) is 2.11. The lowest BCUT2D eigenvalue weighted by atomic mass is 9.79. The maximum Gasteiger partial charge on any atom is 0.225 e. The van der Waals surface area contributed by atoms with Gasteiger partial charge in [-0.1, -0.05) is 39.0 Å². The summed E-state index contributed by atoms with van der Waals surface area (Å²) in [6.45, 7) is 6.28. The van der Waals surface area contributed by atoms with Gasteiger partial charge in [0.15, 0.2) is 0 Å². The second-order valence-corrected chi connectivity index (χ2v) is 11.4. The van der Waals surface area contributed by atoms with Crippen LogP contribution < -0.4 is 4.90 Å². The Morgan fingerprint density at radius 3 is 2.66 bits per heavy atom. The number of anilines is 1. The van der Waals surface area contributed by atoms with Crippen LogP contribution in [0.5, 0.6) is 0 Å².